The van der Waals surface area contributed by atoms with E-state index in [-0.39, 0.29) is 0 Å². The summed E-state index contributed by atoms with van der Waals surface area (Å²) in [5.41, 5.74) is 1.16. The van der Waals surface area contributed by atoms with E-state index < -0.39 is 18.1 Å². The monoisotopic (exact) mass is 276 g/mol. The molecule has 0 bridgehead atoms. The van der Waals surface area contributed by atoms with Gasteiger partial charge in [0.1, 0.15) is 6.07 Å². The van der Waals surface area contributed by atoms with E-state index in [1.54, 1.807) is 12.1 Å². The van der Waals surface area contributed by atoms with Crippen molar-refractivity contribution in [3.05, 3.63) is 29.1 Å². The maximum absolute atomic E-state index is 11.1. The molecule has 98 valence electrons. The highest BCUT2D eigenvalue weighted by atomic mass is 32.1. The van der Waals surface area contributed by atoms with Crippen molar-refractivity contribution in [2.75, 3.05) is 5.32 Å². The molecule has 19 heavy (non-hydrogen) atoms. The SMILES string of the molecule is C[C@H](O)[C@@H](Nc1ccc(C#N)c2sccc12)C(=O)O. The number of fused-ring (bicyclic) bond motifs is 1. The first-order valence-electron chi connectivity index (χ1n) is 5.62. The predicted molar refractivity (Wildman–Crippen MR) is 73.3 cm³/mol. The van der Waals surface area contributed by atoms with Crippen molar-refractivity contribution in [3.63, 3.8) is 0 Å². The molecule has 1 aromatic carbocycles. The zero-order valence-corrected chi connectivity index (χ0v) is 10.9. The van der Waals surface area contributed by atoms with Crippen LogP contribution in [0.15, 0.2) is 23.6 Å². The van der Waals surface area contributed by atoms with Crippen LogP contribution in [-0.2, 0) is 4.79 Å². The average Bonchev–Trinajstić information content (AvgIpc) is 2.84. The van der Waals surface area contributed by atoms with Gasteiger partial charge in [-0.15, -0.1) is 11.3 Å². The van der Waals surface area contributed by atoms with Gasteiger partial charge in [0.25, 0.3) is 0 Å². The molecule has 3 N–H and O–H groups in total. The maximum atomic E-state index is 11.1. The second-order valence-corrected chi connectivity index (χ2v) is 5.05. The van der Waals surface area contributed by atoms with Crippen molar-refractivity contribution in [2.45, 2.75) is 19.1 Å². The van der Waals surface area contributed by atoms with Gasteiger partial charge in [-0.05, 0) is 30.5 Å². The molecule has 0 amide bonds. The van der Waals surface area contributed by atoms with Crippen LogP contribution in [0.4, 0.5) is 5.69 Å². The van der Waals surface area contributed by atoms with Crippen LogP contribution >= 0.6 is 11.3 Å². The zero-order chi connectivity index (χ0) is 14.0. The number of carboxylic acid groups (broad SMARTS) is 1. The first-order chi connectivity index (χ1) is 9.04. The van der Waals surface area contributed by atoms with E-state index in [1.807, 2.05) is 11.4 Å². The summed E-state index contributed by atoms with van der Waals surface area (Å²) in [5.74, 6) is -1.12. The smallest absolute Gasteiger partial charge is 0.328 e. The molecule has 2 aromatic rings. The number of benzene rings is 1. The Kier molecular flexibility index (Phi) is 3.69. The Morgan fingerprint density at radius 1 is 1.47 bits per heavy atom. The number of nitrogens with zero attached hydrogens (tertiary/aromatic N) is 1. The van der Waals surface area contributed by atoms with E-state index in [2.05, 4.69) is 11.4 Å². The number of carboxylic acids is 1. The Morgan fingerprint density at radius 2 is 2.21 bits per heavy atom. The fraction of sp³-hybridized carbons (Fsp3) is 0.231. The van der Waals surface area contributed by atoms with Crippen LogP contribution in [-0.4, -0.2) is 28.3 Å². The van der Waals surface area contributed by atoms with Gasteiger partial charge in [-0.2, -0.15) is 5.26 Å². The molecule has 2 rings (SSSR count). The van der Waals surface area contributed by atoms with Crippen LogP contribution in [0.5, 0.6) is 0 Å². The lowest BCUT2D eigenvalue weighted by molar-refractivity contribution is -0.140. The molecule has 0 saturated heterocycles. The predicted octanol–water partition coefficient (Wildman–Crippen LogP) is 2.02. The third-order valence-corrected chi connectivity index (χ3v) is 3.74. The third kappa shape index (κ3) is 2.52. The number of thiophene rings is 1. The Balaban J connectivity index is 2.44. The van der Waals surface area contributed by atoms with Gasteiger partial charge in [-0.25, -0.2) is 4.79 Å². The summed E-state index contributed by atoms with van der Waals surface area (Å²) in [6.07, 6.45) is -1.03. The van der Waals surface area contributed by atoms with Gasteiger partial charge in [-0.1, -0.05) is 0 Å². The number of anilines is 1. The van der Waals surface area contributed by atoms with Crippen LogP contribution in [0, 0.1) is 11.3 Å². The Bertz CT molecular complexity index is 657. The summed E-state index contributed by atoms with van der Waals surface area (Å²) in [4.78, 5) is 11.1. The fourth-order valence-corrected chi connectivity index (χ4v) is 2.72. The van der Waals surface area contributed by atoms with E-state index >= 15 is 0 Å². The van der Waals surface area contributed by atoms with Crippen molar-refractivity contribution >= 4 is 33.1 Å². The molecule has 2 atom stereocenters. The Labute approximate surface area is 113 Å². The Hall–Kier alpha value is -2.10. The summed E-state index contributed by atoms with van der Waals surface area (Å²) in [6, 6.07) is 6.14. The summed E-state index contributed by atoms with van der Waals surface area (Å²) in [7, 11) is 0. The maximum Gasteiger partial charge on any atom is 0.328 e. The molecule has 1 aromatic heterocycles. The van der Waals surface area contributed by atoms with E-state index in [4.69, 9.17) is 10.4 Å². The molecule has 1 heterocycles. The number of nitriles is 1. The van der Waals surface area contributed by atoms with Crippen molar-refractivity contribution in [1.29, 1.82) is 5.26 Å². The van der Waals surface area contributed by atoms with Gasteiger partial charge in [0, 0.05) is 11.1 Å². The highest BCUT2D eigenvalue weighted by Crippen LogP contribution is 2.31. The molecular formula is C13H12N2O3S. The molecule has 0 spiro atoms. The van der Waals surface area contributed by atoms with Gasteiger partial charge in [-0.3, -0.25) is 0 Å². The number of rotatable bonds is 4. The highest BCUT2D eigenvalue weighted by Gasteiger charge is 2.23. The minimum atomic E-state index is -1.12. The minimum Gasteiger partial charge on any atom is -0.480 e. The van der Waals surface area contributed by atoms with Crippen molar-refractivity contribution in [1.82, 2.24) is 0 Å². The van der Waals surface area contributed by atoms with Gasteiger partial charge < -0.3 is 15.5 Å². The summed E-state index contributed by atoms with van der Waals surface area (Å²) < 4.78 is 0.808. The molecule has 5 nitrogen and oxygen atoms in total. The van der Waals surface area contributed by atoms with Crippen LogP contribution < -0.4 is 5.32 Å². The van der Waals surface area contributed by atoms with Crippen molar-refractivity contribution in [2.24, 2.45) is 0 Å². The number of aliphatic carboxylic acids is 1. The van der Waals surface area contributed by atoms with Gasteiger partial charge in [0.05, 0.1) is 16.4 Å². The molecular weight excluding hydrogens is 264 g/mol. The second-order valence-electron chi connectivity index (χ2n) is 4.14. The first-order valence-corrected chi connectivity index (χ1v) is 6.50. The second kappa shape index (κ2) is 5.26. The average molecular weight is 276 g/mol. The standard InChI is InChI=1S/C13H12N2O3S/c1-7(16)11(13(17)18)15-10-3-2-8(6-14)12-9(10)4-5-19-12/h2-5,7,11,15-16H,1H3,(H,17,18)/t7-,11+/m0/s1. The number of hydrogen-bond acceptors (Lipinski definition) is 5. The topological polar surface area (TPSA) is 93.4 Å². The van der Waals surface area contributed by atoms with Crippen LogP contribution in [0.1, 0.15) is 12.5 Å². The van der Waals surface area contributed by atoms with Crippen LogP contribution in [0.3, 0.4) is 0 Å². The lowest BCUT2D eigenvalue weighted by Gasteiger charge is -2.19. The largest absolute Gasteiger partial charge is 0.480 e. The lowest BCUT2D eigenvalue weighted by atomic mass is 10.1. The molecule has 0 aliphatic rings. The summed E-state index contributed by atoms with van der Waals surface area (Å²) in [6.45, 7) is 1.42. The molecule has 0 radical (unpaired) electrons. The number of hydrogen-bond donors (Lipinski definition) is 3. The van der Waals surface area contributed by atoms with Gasteiger partial charge in [0.2, 0.25) is 0 Å². The minimum absolute atomic E-state index is 0.555. The van der Waals surface area contributed by atoms with E-state index in [0.717, 1.165) is 10.1 Å². The summed E-state index contributed by atoms with van der Waals surface area (Å²) in [5, 5.41) is 33.0. The van der Waals surface area contributed by atoms with E-state index in [1.165, 1.54) is 18.3 Å². The number of nitrogens with one attached hydrogen (secondary N) is 1. The van der Waals surface area contributed by atoms with Gasteiger partial charge in [0.15, 0.2) is 6.04 Å². The van der Waals surface area contributed by atoms with Crippen molar-refractivity contribution in [3.8, 4) is 6.07 Å². The van der Waals surface area contributed by atoms with E-state index in [9.17, 15) is 9.90 Å². The molecule has 0 aliphatic heterocycles. The van der Waals surface area contributed by atoms with E-state index in [0.29, 0.717) is 11.3 Å². The number of carbonyl (C=O) groups is 1. The molecule has 0 aliphatic carbocycles. The highest BCUT2D eigenvalue weighted by molar-refractivity contribution is 7.17. The quantitative estimate of drug-likeness (QED) is 0.794. The fourth-order valence-electron chi connectivity index (χ4n) is 1.83. The third-order valence-electron chi connectivity index (χ3n) is 2.80. The zero-order valence-electron chi connectivity index (χ0n) is 10.1. The van der Waals surface area contributed by atoms with Crippen LogP contribution in [0.2, 0.25) is 0 Å². The normalized spacial score (nSPS) is 13.7. The summed E-state index contributed by atoms with van der Waals surface area (Å²) >= 11 is 1.42. The van der Waals surface area contributed by atoms with Crippen LogP contribution in [0.25, 0.3) is 10.1 Å². The molecule has 0 unspecified atom stereocenters. The molecule has 0 saturated carbocycles. The number of aliphatic hydroxyl groups is 1. The van der Waals surface area contributed by atoms with Gasteiger partial charge >= 0.3 is 5.97 Å². The lowest BCUT2D eigenvalue weighted by Crippen LogP contribution is -2.38. The molecule has 6 heteroatoms. The number of aliphatic hydroxyl groups excluding tert-OH is 1. The van der Waals surface area contributed by atoms with Crippen molar-refractivity contribution < 1.29 is 15.0 Å². The molecule has 0 fully saturated rings. The first kappa shape index (κ1) is 13.3. The Morgan fingerprint density at radius 3 is 2.79 bits per heavy atom.